The van der Waals surface area contributed by atoms with E-state index >= 15 is 0 Å². The number of fused-ring (bicyclic) bond motifs is 1. The van der Waals surface area contributed by atoms with Crippen molar-refractivity contribution >= 4 is 56.1 Å². The molecule has 2 rings (SSSR count). The first-order valence-corrected chi connectivity index (χ1v) is 8.18. The molecule has 0 aliphatic heterocycles. The van der Waals surface area contributed by atoms with E-state index in [1.165, 1.54) is 7.11 Å². The van der Waals surface area contributed by atoms with Crippen molar-refractivity contribution in [1.82, 2.24) is 0 Å². The van der Waals surface area contributed by atoms with E-state index in [4.69, 9.17) is 25.5 Å². The predicted octanol–water partition coefficient (Wildman–Crippen LogP) is 3.95. The largest absolute Gasteiger partial charge is 0.493 e. The average molecular weight is 405 g/mol. The number of methoxy groups -OCH3 is 1. The third-order valence-corrected chi connectivity index (χ3v) is 3.87. The molecule has 1 aromatic carbocycles. The van der Waals surface area contributed by atoms with Gasteiger partial charge < -0.3 is 19.2 Å². The number of carbonyl (C=O) groups excluding carboxylic acids is 2. The number of ether oxygens (including phenoxy) is 2. The third-order valence-electron chi connectivity index (χ3n) is 3.02. The SMILES string of the molecule is CCOC(=O)c1oc2c(OC)ccc(Br)c2c1NC(=O)CCCl. The molecule has 2 aromatic rings. The number of benzene rings is 1. The molecule has 8 heteroatoms. The molecule has 0 unspecified atom stereocenters. The Balaban J connectivity index is 2.64. The van der Waals surface area contributed by atoms with Crippen LogP contribution in [0, 0.1) is 0 Å². The Bertz CT molecular complexity index is 743. The van der Waals surface area contributed by atoms with E-state index in [2.05, 4.69) is 21.2 Å². The monoisotopic (exact) mass is 403 g/mol. The number of furan rings is 1. The molecule has 0 radical (unpaired) electrons. The first kappa shape index (κ1) is 17.6. The second-order valence-electron chi connectivity index (χ2n) is 4.47. The highest BCUT2D eigenvalue weighted by Gasteiger charge is 2.26. The maximum atomic E-state index is 12.1. The van der Waals surface area contributed by atoms with Crippen LogP contribution in [0.5, 0.6) is 5.75 Å². The van der Waals surface area contributed by atoms with Crippen molar-refractivity contribution in [2.75, 3.05) is 24.9 Å². The minimum absolute atomic E-state index is 0.0880. The summed E-state index contributed by atoms with van der Waals surface area (Å²) in [6, 6.07) is 3.43. The van der Waals surface area contributed by atoms with Gasteiger partial charge in [-0.05, 0) is 35.0 Å². The second kappa shape index (κ2) is 7.70. The van der Waals surface area contributed by atoms with Crippen molar-refractivity contribution in [3.05, 3.63) is 22.4 Å². The molecule has 1 N–H and O–H groups in total. The van der Waals surface area contributed by atoms with E-state index in [0.29, 0.717) is 21.2 Å². The molecule has 0 spiro atoms. The fourth-order valence-electron chi connectivity index (χ4n) is 2.05. The molecule has 0 atom stereocenters. The highest BCUT2D eigenvalue weighted by atomic mass is 79.9. The van der Waals surface area contributed by atoms with E-state index < -0.39 is 5.97 Å². The summed E-state index contributed by atoms with van der Waals surface area (Å²) >= 11 is 8.98. The van der Waals surface area contributed by atoms with E-state index in [9.17, 15) is 9.59 Å². The van der Waals surface area contributed by atoms with Crippen LogP contribution in [0.3, 0.4) is 0 Å². The molecular weight excluding hydrogens is 390 g/mol. The molecule has 0 aliphatic carbocycles. The fourth-order valence-corrected chi connectivity index (χ4v) is 2.73. The molecule has 0 aliphatic rings. The quantitative estimate of drug-likeness (QED) is 0.583. The zero-order valence-corrected chi connectivity index (χ0v) is 14.9. The summed E-state index contributed by atoms with van der Waals surface area (Å²) in [4.78, 5) is 24.1. The number of hydrogen-bond acceptors (Lipinski definition) is 5. The number of alkyl halides is 1. The summed E-state index contributed by atoms with van der Waals surface area (Å²) in [5, 5.41) is 3.19. The fraction of sp³-hybridized carbons (Fsp3) is 0.333. The summed E-state index contributed by atoms with van der Waals surface area (Å²) in [6.45, 7) is 1.87. The summed E-state index contributed by atoms with van der Waals surface area (Å²) in [5.41, 5.74) is 0.574. The van der Waals surface area contributed by atoms with Crippen LogP contribution in [0.25, 0.3) is 11.0 Å². The number of hydrogen-bond donors (Lipinski definition) is 1. The van der Waals surface area contributed by atoms with Crippen molar-refractivity contribution in [3.63, 3.8) is 0 Å². The van der Waals surface area contributed by atoms with Crippen LogP contribution in [0.1, 0.15) is 23.9 Å². The van der Waals surface area contributed by atoms with Gasteiger partial charge in [-0.1, -0.05) is 0 Å². The molecule has 1 amide bonds. The first-order chi connectivity index (χ1) is 11.0. The van der Waals surface area contributed by atoms with Gasteiger partial charge in [0.15, 0.2) is 11.3 Å². The molecule has 6 nitrogen and oxygen atoms in total. The van der Waals surface area contributed by atoms with Gasteiger partial charge in [0, 0.05) is 16.8 Å². The molecule has 0 saturated carbocycles. The molecule has 1 heterocycles. The standard InChI is InChI=1S/C15H15BrClNO5/c1-3-22-15(20)14-12(18-10(19)6-7-17)11-8(16)4-5-9(21-2)13(11)23-14/h4-5H,3,6-7H2,1-2H3,(H,18,19). The van der Waals surface area contributed by atoms with Crippen LogP contribution >= 0.6 is 27.5 Å². The highest BCUT2D eigenvalue weighted by molar-refractivity contribution is 9.10. The van der Waals surface area contributed by atoms with Gasteiger partial charge in [-0.25, -0.2) is 4.79 Å². The number of carbonyl (C=O) groups is 2. The lowest BCUT2D eigenvalue weighted by Crippen LogP contribution is -2.14. The number of rotatable bonds is 6. The summed E-state index contributed by atoms with van der Waals surface area (Å²) < 4.78 is 16.5. The summed E-state index contributed by atoms with van der Waals surface area (Å²) in [7, 11) is 1.49. The van der Waals surface area contributed by atoms with E-state index in [1.807, 2.05) is 0 Å². The van der Waals surface area contributed by atoms with Gasteiger partial charge in [-0.3, -0.25) is 4.79 Å². The van der Waals surface area contributed by atoms with Gasteiger partial charge in [0.2, 0.25) is 11.7 Å². The summed E-state index contributed by atoms with van der Waals surface area (Å²) in [6.07, 6.45) is 0.109. The van der Waals surface area contributed by atoms with E-state index in [-0.39, 0.29) is 36.3 Å². The van der Waals surface area contributed by atoms with Crippen molar-refractivity contribution < 1.29 is 23.5 Å². The van der Waals surface area contributed by atoms with Gasteiger partial charge in [0.1, 0.15) is 5.69 Å². The Labute approximate surface area is 146 Å². The van der Waals surface area contributed by atoms with Crippen LogP contribution < -0.4 is 10.1 Å². The first-order valence-electron chi connectivity index (χ1n) is 6.85. The Morgan fingerprint density at radius 2 is 2.13 bits per heavy atom. The molecule has 0 saturated heterocycles. The molecule has 124 valence electrons. The maximum Gasteiger partial charge on any atom is 0.376 e. The van der Waals surface area contributed by atoms with E-state index in [0.717, 1.165) is 0 Å². The molecule has 0 fully saturated rings. The molecule has 0 bridgehead atoms. The van der Waals surface area contributed by atoms with Gasteiger partial charge in [-0.2, -0.15) is 0 Å². The molecule has 1 aromatic heterocycles. The number of amides is 1. The van der Waals surface area contributed by atoms with Crippen molar-refractivity contribution in [1.29, 1.82) is 0 Å². The zero-order chi connectivity index (χ0) is 17.0. The van der Waals surface area contributed by atoms with E-state index in [1.54, 1.807) is 19.1 Å². The number of anilines is 1. The smallest absolute Gasteiger partial charge is 0.376 e. The normalized spacial score (nSPS) is 10.6. The Kier molecular flexibility index (Phi) is 5.90. The van der Waals surface area contributed by atoms with Crippen LogP contribution in [0.2, 0.25) is 0 Å². The highest BCUT2D eigenvalue weighted by Crippen LogP contribution is 2.41. The third kappa shape index (κ3) is 3.61. The van der Waals surface area contributed by atoms with Crippen LogP contribution in [-0.2, 0) is 9.53 Å². The Hall–Kier alpha value is -1.73. The second-order valence-corrected chi connectivity index (χ2v) is 5.70. The Morgan fingerprint density at radius 3 is 2.74 bits per heavy atom. The number of halogens is 2. The number of esters is 1. The van der Waals surface area contributed by atoms with Gasteiger partial charge in [-0.15, -0.1) is 11.6 Å². The zero-order valence-electron chi connectivity index (χ0n) is 12.6. The average Bonchev–Trinajstić information content (AvgIpc) is 2.88. The lowest BCUT2D eigenvalue weighted by molar-refractivity contribution is -0.115. The van der Waals surface area contributed by atoms with Crippen LogP contribution in [0.4, 0.5) is 5.69 Å². The van der Waals surface area contributed by atoms with Gasteiger partial charge in [0.05, 0.1) is 19.1 Å². The van der Waals surface area contributed by atoms with Crippen LogP contribution in [-0.4, -0.2) is 31.5 Å². The Morgan fingerprint density at radius 1 is 1.39 bits per heavy atom. The minimum Gasteiger partial charge on any atom is -0.493 e. The minimum atomic E-state index is -0.668. The molecular formula is C15H15BrClNO5. The van der Waals surface area contributed by atoms with Gasteiger partial charge in [0.25, 0.3) is 0 Å². The van der Waals surface area contributed by atoms with Gasteiger partial charge >= 0.3 is 5.97 Å². The maximum absolute atomic E-state index is 12.1. The summed E-state index contributed by atoms with van der Waals surface area (Å²) in [5.74, 6) is -0.482. The van der Waals surface area contributed by atoms with Crippen molar-refractivity contribution in [2.24, 2.45) is 0 Å². The van der Waals surface area contributed by atoms with Crippen LogP contribution in [0.15, 0.2) is 21.0 Å². The number of nitrogens with one attached hydrogen (secondary N) is 1. The lowest BCUT2D eigenvalue weighted by atomic mass is 10.2. The lowest BCUT2D eigenvalue weighted by Gasteiger charge is -2.06. The molecule has 23 heavy (non-hydrogen) atoms. The predicted molar refractivity (Wildman–Crippen MR) is 90.4 cm³/mol. The van der Waals surface area contributed by atoms with Crippen molar-refractivity contribution in [2.45, 2.75) is 13.3 Å². The topological polar surface area (TPSA) is 77.8 Å². The van der Waals surface area contributed by atoms with Crippen molar-refractivity contribution in [3.8, 4) is 5.75 Å².